The summed E-state index contributed by atoms with van der Waals surface area (Å²) in [5.74, 6) is -8.37. The molecule has 0 fully saturated rings. The molecule has 0 saturated carbocycles. The van der Waals surface area contributed by atoms with Crippen LogP contribution in [0.5, 0.6) is 0 Å². The van der Waals surface area contributed by atoms with Crippen LogP contribution < -0.4 is 5.32 Å². The molecule has 0 saturated heterocycles. The molecule has 0 atom stereocenters. The molecule has 2 rings (SSSR count). The minimum Gasteiger partial charge on any atom is -0.322 e. The Labute approximate surface area is 118 Å². The zero-order valence-corrected chi connectivity index (χ0v) is 11.2. The molecule has 1 N–H and O–H groups in total. The molecule has 0 aliphatic carbocycles. The average molecular weight is 297 g/mol. The third-order valence-electron chi connectivity index (χ3n) is 3.20. The van der Waals surface area contributed by atoms with E-state index in [0.717, 1.165) is 11.1 Å². The third-order valence-corrected chi connectivity index (χ3v) is 3.20. The highest BCUT2D eigenvalue weighted by atomic mass is 19.2. The topological polar surface area (TPSA) is 29.1 Å². The van der Waals surface area contributed by atoms with E-state index in [1.54, 1.807) is 19.1 Å². The first kappa shape index (κ1) is 15.0. The largest absolute Gasteiger partial charge is 0.322 e. The molecule has 0 unspecified atom stereocenters. The highest BCUT2D eigenvalue weighted by Crippen LogP contribution is 2.22. The first-order valence-electron chi connectivity index (χ1n) is 6.03. The van der Waals surface area contributed by atoms with Crippen LogP contribution >= 0.6 is 0 Å². The quantitative estimate of drug-likeness (QED) is 0.504. The number of carbonyl (C=O) groups excluding carboxylic acids is 1. The maximum Gasteiger partial charge on any atom is 0.258 e. The fourth-order valence-corrected chi connectivity index (χ4v) is 1.81. The molecule has 2 aromatic rings. The van der Waals surface area contributed by atoms with Crippen LogP contribution in [0.3, 0.4) is 0 Å². The van der Waals surface area contributed by atoms with E-state index in [-0.39, 0.29) is 0 Å². The van der Waals surface area contributed by atoms with Gasteiger partial charge in [0.15, 0.2) is 23.3 Å². The first-order valence-corrected chi connectivity index (χ1v) is 6.03. The summed E-state index contributed by atoms with van der Waals surface area (Å²) in [7, 11) is 0. The van der Waals surface area contributed by atoms with Crippen molar-refractivity contribution in [1.29, 1.82) is 0 Å². The number of benzene rings is 2. The summed E-state index contributed by atoms with van der Waals surface area (Å²) in [4.78, 5) is 11.9. The highest BCUT2D eigenvalue weighted by Gasteiger charge is 2.23. The summed E-state index contributed by atoms with van der Waals surface area (Å²) < 4.78 is 52.6. The molecule has 0 heterocycles. The SMILES string of the molecule is Cc1cccc(NC(=O)c2cc(F)c(F)c(F)c2F)c1C. The van der Waals surface area contributed by atoms with Gasteiger partial charge < -0.3 is 5.32 Å². The molecule has 0 radical (unpaired) electrons. The second kappa shape index (κ2) is 5.55. The van der Waals surface area contributed by atoms with Crippen molar-refractivity contribution in [1.82, 2.24) is 0 Å². The van der Waals surface area contributed by atoms with Gasteiger partial charge in [-0.3, -0.25) is 4.79 Å². The lowest BCUT2D eigenvalue weighted by atomic mass is 10.1. The van der Waals surface area contributed by atoms with Crippen molar-refractivity contribution in [3.05, 3.63) is 64.2 Å². The minimum absolute atomic E-state index is 0.328. The van der Waals surface area contributed by atoms with Crippen LogP contribution in [0.4, 0.5) is 23.2 Å². The van der Waals surface area contributed by atoms with Gasteiger partial charge in [-0.1, -0.05) is 12.1 Å². The van der Waals surface area contributed by atoms with E-state index < -0.39 is 34.7 Å². The van der Waals surface area contributed by atoms with Crippen LogP contribution in [-0.2, 0) is 0 Å². The van der Waals surface area contributed by atoms with E-state index >= 15 is 0 Å². The Morgan fingerprint density at radius 2 is 1.67 bits per heavy atom. The Kier molecular flexibility index (Phi) is 3.97. The van der Waals surface area contributed by atoms with Crippen molar-refractivity contribution in [2.45, 2.75) is 13.8 Å². The number of amides is 1. The number of aryl methyl sites for hydroxylation is 1. The van der Waals surface area contributed by atoms with Crippen LogP contribution in [0.15, 0.2) is 24.3 Å². The van der Waals surface area contributed by atoms with Gasteiger partial charge in [-0.2, -0.15) is 0 Å². The van der Waals surface area contributed by atoms with E-state index in [0.29, 0.717) is 11.8 Å². The van der Waals surface area contributed by atoms with Gasteiger partial charge in [0.05, 0.1) is 5.56 Å². The maximum atomic E-state index is 13.5. The van der Waals surface area contributed by atoms with Gasteiger partial charge in [-0.15, -0.1) is 0 Å². The van der Waals surface area contributed by atoms with Crippen molar-refractivity contribution in [2.75, 3.05) is 5.32 Å². The smallest absolute Gasteiger partial charge is 0.258 e. The Hall–Kier alpha value is -2.37. The zero-order chi connectivity index (χ0) is 15.7. The fourth-order valence-electron chi connectivity index (χ4n) is 1.81. The van der Waals surface area contributed by atoms with Crippen LogP contribution in [0.1, 0.15) is 21.5 Å². The monoisotopic (exact) mass is 297 g/mol. The summed E-state index contributed by atoms with van der Waals surface area (Å²) in [6.07, 6.45) is 0. The average Bonchev–Trinajstić information content (AvgIpc) is 2.45. The Balaban J connectivity index is 2.40. The van der Waals surface area contributed by atoms with Gasteiger partial charge in [0.1, 0.15) is 0 Å². The van der Waals surface area contributed by atoms with E-state index in [1.807, 2.05) is 13.0 Å². The van der Waals surface area contributed by atoms with E-state index in [1.165, 1.54) is 0 Å². The van der Waals surface area contributed by atoms with Crippen LogP contribution in [0, 0.1) is 37.1 Å². The molecule has 6 heteroatoms. The van der Waals surface area contributed by atoms with E-state index in [9.17, 15) is 22.4 Å². The van der Waals surface area contributed by atoms with Crippen molar-refractivity contribution < 1.29 is 22.4 Å². The Bertz CT molecular complexity index is 728. The molecule has 2 aromatic carbocycles. The number of carbonyl (C=O) groups is 1. The summed E-state index contributed by atoms with van der Waals surface area (Å²) >= 11 is 0. The second-order valence-corrected chi connectivity index (χ2v) is 4.55. The Morgan fingerprint density at radius 1 is 1.00 bits per heavy atom. The van der Waals surface area contributed by atoms with E-state index in [2.05, 4.69) is 5.32 Å². The predicted octanol–water partition coefficient (Wildman–Crippen LogP) is 4.11. The maximum absolute atomic E-state index is 13.5. The number of hydrogen-bond donors (Lipinski definition) is 1. The number of hydrogen-bond acceptors (Lipinski definition) is 1. The second-order valence-electron chi connectivity index (χ2n) is 4.55. The number of halogens is 4. The van der Waals surface area contributed by atoms with Crippen LogP contribution in [0.2, 0.25) is 0 Å². The van der Waals surface area contributed by atoms with Crippen LogP contribution in [0.25, 0.3) is 0 Å². The summed E-state index contributed by atoms with van der Waals surface area (Å²) in [6.45, 7) is 3.54. The fraction of sp³-hybridized carbons (Fsp3) is 0.133. The third kappa shape index (κ3) is 2.74. The molecule has 0 spiro atoms. The minimum atomic E-state index is -2.01. The molecular formula is C15H11F4NO. The lowest BCUT2D eigenvalue weighted by Crippen LogP contribution is -2.17. The van der Waals surface area contributed by atoms with Crippen molar-refractivity contribution in [3.63, 3.8) is 0 Å². The van der Waals surface area contributed by atoms with Crippen molar-refractivity contribution >= 4 is 11.6 Å². The molecule has 21 heavy (non-hydrogen) atoms. The number of rotatable bonds is 2. The molecule has 0 bridgehead atoms. The predicted molar refractivity (Wildman–Crippen MR) is 70.1 cm³/mol. The molecular weight excluding hydrogens is 286 g/mol. The summed E-state index contributed by atoms with van der Waals surface area (Å²) in [5.41, 5.74) is 1.09. The summed E-state index contributed by atoms with van der Waals surface area (Å²) in [5, 5.41) is 2.35. The van der Waals surface area contributed by atoms with Gasteiger partial charge in [0.25, 0.3) is 5.91 Å². The molecule has 2 nitrogen and oxygen atoms in total. The standard InChI is InChI=1S/C15H11F4NO/c1-7-4-3-5-11(8(7)2)20-15(21)9-6-10(16)13(18)14(19)12(9)17/h3-6H,1-2H3,(H,20,21). The van der Waals surface area contributed by atoms with Gasteiger partial charge in [0.2, 0.25) is 0 Å². The van der Waals surface area contributed by atoms with E-state index in [4.69, 9.17) is 0 Å². The zero-order valence-electron chi connectivity index (χ0n) is 11.2. The van der Waals surface area contributed by atoms with Gasteiger partial charge in [-0.05, 0) is 37.1 Å². The van der Waals surface area contributed by atoms with Crippen LogP contribution in [-0.4, -0.2) is 5.91 Å². The van der Waals surface area contributed by atoms with Gasteiger partial charge in [0, 0.05) is 5.69 Å². The van der Waals surface area contributed by atoms with Gasteiger partial charge in [-0.25, -0.2) is 17.6 Å². The normalized spacial score (nSPS) is 10.6. The molecule has 110 valence electrons. The highest BCUT2D eigenvalue weighted by molar-refractivity contribution is 6.04. The number of nitrogens with one attached hydrogen (secondary N) is 1. The first-order chi connectivity index (χ1) is 9.82. The lowest BCUT2D eigenvalue weighted by molar-refractivity contribution is 0.102. The molecule has 0 aliphatic rings. The lowest BCUT2D eigenvalue weighted by Gasteiger charge is -2.11. The molecule has 0 aromatic heterocycles. The number of anilines is 1. The summed E-state index contributed by atoms with van der Waals surface area (Å²) in [6, 6.07) is 5.37. The van der Waals surface area contributed by atoms with Gasteiger partial charge >= 0.3 is 0 Å². The van der Waals surface area contributed by atoms with Crippen molar-refractivity contribution in [2.24, 2.45) is 0 Å². The van der Waals surface area contributed by atoms with Crippen molar-refractivity contribution in [3.8, 4) is 0 Å². The Morgan fingerprint density at radius 3 is 2.33 bits per heavy atom. The molecule has 1 amide bonds. The molecule has 0 aliphatic heterocycles.